The van der Waals surface area contributed by atoms with Crippen molar-refractivity contribution in [3.63, 3.8) is 0 Å². The van der Waals surface area contributed by atoms with Crippen LogP contribution in [0.15, 0.2) is 24.3 Å². The summed E-state index contributed by atoms with van der Waals surface area (Å²) in [6, 6.07) is -0.714. The van der Waals surface area contributed by atoms with Gasteiger partial charge >= 0.3 is 0 Å². The molecule has 0 aromatic heterocycles. The molecule has 60 heavy (non-hydrogen) atoms. The number of aliphatic hydroxyl groups is 3. The van der Waals surface area contributed by atoms with E-state index in [1.165, 1.54) is 231 Å². The third-order valence-electron chi connectivity index (χ3n) is 12.8. The molecule has 0 aromatic carbocycles. The Hall–Kier alpha value is -1.17. The minimum atomic E-state index is -1.08. The Bertz CT molecular complexity index is 890. The SMILES string of the molecule is CCCCCCCCCCC/C=C\C/C=C\CCCCCCCCCCC(O)C(=O)NC(CO)C(O)CCCCCCCCCCCCCCCCCCCCCCCC. The largest absolute Gasteiger partial charge is 0.394 e. The van der Waals surface area contributed by atoms with Crippen molar-refractivity contribution in [2.24, 2.45) is 0 Å². The van der Waals surface area contributed by atoms with Gasteiger partial charge in [0.1, 0.15) is 6.10 Å². The Morgan fingerprint density at radius 2 is 0.683 bits per heavy atom. The van der Waals surface area contributed by atoms with E-state index in [4.69, 9.17) is 0 Å². The number of rotatable bonds is 50. The highest BCUT2D eigenvalue weighted by Crippen LogP contribution is 2.17. The summed E-state index contributed by atoms with van der Waals surface area (Å²) in [6.07, 6.45) is 63.5. The van der Waals surface area contributed by atoms with E-state index in [1.807, 2.05) is 0 Å². The lowest BCUT2D eigenvalue weighted by atomic mass is 10.0. The van der Waals surface area contributed by atoms with E-state index in [2.05, 4.69) is 43.5 Å². The molecule has 5 nitrogen and oxygen atoms in total. The molecule has 0 saturated carbocycles. The Labute approximate surface area is 375 Å². The fourth-order valence-corrected chi connectivity index (χ4v) is 8.58. The number of allylic oxidation sites excluding steroid dienone is 4. The summed E-state index contributed by atoms with van der Waals surface area (Å²) >= 11 is 0. The molecule has 0 radical (unpaired) electrons. The van der Waals surface area contributed by atoms with Gasteiger partial charge in [-0.25, -0.2) is 0 Å². The molecule has 5 heteroatoms. The highest BCUT2D eigenvalue weighted by Gasteiger charge is 2.23. The number of unbranched alkanes of at least 4 members (excludes halogenated alkanes) is 38. The van der Waals surface area contributed by atoms with Gasteiger partial charge in [0.05, 0.1) is 18.8 Å². The van der Waals surface area contributed by atoms with Crippen molar-refractivity contribution in [2.75, 3.05) is 6.61 Å². The van der Waals surface area contributed by atoms with Gasteiger partial charge in [-0.15, -0.1) is 0 Å². The van der Waals surface area contributed by atoms with Crippen molar-refractivity contribution < 1.29 is 20.1 Å². The maximum absolute atomic E-state index is 12.6. The van der Waals surface area contributed by atoms with Crippen molar-refractivity contribution in [1.82, 2.24) is 5.32 Å². The highest BCUT2D eigenvalue weighted by molar-refractivity contribution is 5.80. The highest BCUT2D eigenvalue weighted by atomic mass is 16.3. The normalized spacial score (nSPS) is 13.5. The predicted octanol–water partition coefficient (Wildman–Crippen LogP) is 16.5. The van der Waals surface area contributed by atoms with E-state index in [-0.39, 0.29) is 6.61 Å². The lowest BCUT2D eigenvalue weighted by Gasteiger charge is -2.23. The lowest BCUT2D eigenvalue weighted by Crippen LogP contribution is -2.49. The third-order valence-corrected chi connectivity index (χ3v) is 12.8. The zero-order valence-corrected chi connectivity index (χ0v) is 40.6. The van der Waals surface area contributed by atoms with E-state index >= 15 is 0 Å². The number of carbonyl (C=O) groups is 1. The first-order valence-electron chi connectivity index (χ1n) is 27.1. The van der Waals surface area contributed by atoms with Crippen LogP contribution in [-0.2, 0) is 4.79 Å². The van der Waals surface area contributed by atoms with Crippen LogP contribution in [0.2, 0.25) is 0 Å². The van der Waals surface area contributed by atoms with Crippen LogP contribution in [0.3, 0.4) is 0 Å². The molecule has 0 bridgehead atoms. The van der Waals surface area contributed by atoms with E-state index < -0.39 is 24.2 Å². The second kappa shape index (κ2) is 50.5. The van der Waals surface area contributed by atoms with Gasteiger partial charge in [-0.2, -0.15) is 0 Å². The summed E-state index contributed by atoms with van der Waals surface area (Å²) in [5.41, 5.74) is 0. The van der Waals surface area contributed by atoms with E-state index in [1.54, 1.807) is 0 Å². The molecule has 0 aliphatic carbocycles. The molecule has 0 spiro atoms. The molecule has 4 N–H and O–H groups in total. The average Bonchev–Trinajstić information content (AvgIpc) is 3.25. The first kappa shape index (κ1) is 58.8. The van der Waals surface area contributed by atoms with Crippen LogP contribution < -0.4 is 5.32 Å². The number of amides is 1. The minimum absolute atomic E-state index is 0.313. The van der Waals surface area contributed by atoms with Crippen LogP contribution in [0.25, 0.3) is 0 Å². The smallest absolute Gasteiger partial charge is 0.249 e. The molecule has 0 heterocycles. The van der Waals surface area contributed by atoms with E-state index in [0.29, 0.717) is 12.8 Å². The standard InChI is InChI=1S/C55H107NO4/c1-3-5-7-9-11-13-15-17-19-21-23-25-27-28-30-32-34-36-38-40-42-44-46-48-50-54(59)55(60)56-52(51-57)53(58)49-47-45-43-41-39-37-35-33-31-29-26-24-22-20-18-16-14-12-10-8-6-4-2/h23,25,28,30,52-54,57-59H,3-22,24,26-27,29,31-51H2,1-2H3,(H,56,60)/b25-23-,30-28-. The molecule has 0 aliphatic heterocycles. The topological polar surface area (TPSA) is 89.8 Å². The van der Waals surface area contributed by atoms with Gasteiger partial charge in [0.15, 0.2) is 0 Å². The fraction of sp³-hybridized carbons (Fsp3) is 0.909. The average molecular weight is 846 g/mol. The Kier molecular flexibility index (Phi) is 49.5. The molecule has 0 aromatic rings. The van der Waals surface area contributed by atoms with Gasteiger partial charge in [0.25, 0.3) is 0 Å². The van der Waals surface area contributed by atoms with Gasteiger partial charge in [0.2, 0.25) is 5.91 Å². The van der Waals surface area contributed by atoms with Crippen LogP contribution >= 0.6 is 0 Å². The summed E-state index contributed by atoms with van der Waals surface area (Å²) in [5.74, 6) is -0.471. The first-order valence-corrected chi connectivity index (χ1v) is 27.1. The molecule has 1 amide bonds. The van der Waals surface area contributed by atoms with Gasteiger partial charge in [-0.3, -0.25) is 4.79 Å². The van der Waals surface area contributed by atoms with E-state index in [0.717, 1.165) is 38.5 Å². The molecule has 0 aliphatic rings. The maximum Gasteiger partial charge on any atom is 0.249 e. The molecule has 0 rings (SSSR count). The number of nitrogens with one attached hydrogen (secondary N) is 1. The molecule has 0 fully saturated rings. The monoisotopic (exact) mass is 846 g/mol. The Morgan fingerprint density at radius 3 is 1.00 bits per heavy atom. The summed E-state index contributed by atoms with van der Waals surface area (Å²) in [6.45, 7) is 4.26. The number of aliphatic hydroxyl groups excluding tert-OH is 3. The summed E-state index contributed by atoms with van der Waals surface area (Å²) in [4.78, 5) is 12.6. The number of hydrogen-bond donors (Lipinski definition) is 4. The molecule has 356 valence electrons. The minimum Gasteiger partial charge on any atom is -0.394 e. The summed E-state index contributed by atoms with van der Waals surface area (Å²) < 4.78 is 0. The molecule has 0 saturated heterocycles. The molecule has 3 atom stereocenters. The van der Waals surface area contributed by atoms with Crippen LogP contribution in [0.5, 0.6) is 0 Å². The van der Waals surface area contributed by atoms with Gasteiger partial charge in [-0.1, -0.05) is 276 Å². The maximum atomic E-state index is 12.6. The summed E-state index contributed by atoms with van der Waals surface area (Å²) in [5, 5.41) is 33.5. The zero-order valence-electron chi connectivity index (χ0n) is 40.6. The Balaban J connectivity index is 3.56. The lowest BCUT2D eigenvalue weighted by molar-refractivity contribution is -0.131. The second-order valence-electron chi connectivity index (χ2n) is 18.8. The van der Waals surface area contributed by atoms with Crippen LogP contribution in [0, 0.1) is 0 Å². The fourth-order valence-electron chi connectivity index (χ4n) is 8.58. The van der Waals surface area contributed by atoms with Crippen molar-refractivity contribution in [3.05, 3.63) is 24.3 Å². The van der Waals surface area contributed by atoms with Crippen molar-refractivity contribution >= 4 is 5.91 Å². The predicted molar refractivity (Wildman–Crippen MR) is 264 cm³/mol. The number of carbonyl (C=O) groups excluding carboxylic acids is 1. The van der Waals surface area contributed by atoms with Crippen LogP contribution in [-0.4, -0.2) is 46.1 Å². The second-order valence-corrected chi connectivity index (χ2v) is 18.8. The van der Waals surface area contributed by atoms with Gasteiger partial charge in [0, 0.05) is 0 Å². The van der Waals surface area contributed by atoms with Crippen molar-refractivity contribution in [3.8, 4) is 0 Å². The van der Waals surface area contributed by atoms with Gasteiger partial charge in [-0.05, 0) is 44.9 Å². The molecule has 3 unspecified atom stereocenters. The van der Waals surface area contributed by atoms with Crippen LogP contribution in [0.1, 0.15) is 296 Å². The first-order chi connectivity index (χ1) is 29.6. The zero-order chi connectivity index (χ0) is 43.7. The van der Waals surface area contributed by atoms with Crippen LogP contribution in [0.4, 0.5) is 0 Å². The number of hydrogen-bond acceptors (Lipinski definition) is 4. The quantitative estimate of drug-likeness (QED) is 0.0363. The molecular formula is C55H107NO4. The summed E-state index contributed by atoms with van der Waals surface area (Å²) in [7, 11) is 0. The van der Waals surface area contributed by atoms with E-state index in [9.17, 15) is 20.1 Å². The Morgan fingerprint density at radius 1 is 0.400 bits per heavy atom. The van der Waals surface area contributed by atoms with Crippen molar-refractivity contribution in [2.45, 2.75) is 315 Å². The molecular weight excluding hydrogens is 739 g/mol. The van der Waals surface area contributed by atoms with Crippen molar-refractivity contribution in [1.29, 1.82) is 0 Å². The van der Waals surface area contributed by atoms with Gasteiger partial charge < -0.3 is 20.6 Å². The third kappa shape index (κ3) is 44.9.